The second kappa shape index (κ2) is 8.60. The number of benzene rings is 1. The molecular weight excluding hydrogens is 238 g/mol. The quantitative estimate of drug-likeness (QED) is 0.672. The molecule has 2 heteroatoms. The van der Waals surface area contributed by atoms with Crippen LogP contribution in [0, 0.1) is 5.92 Å². The topological polar surface area (TPSA) is 12.0 Å². The fourth-order valence-corrected chi connectivity index (χ4v) is 3.19. The zero-order chi connectivity index (χ0) is 13.4. The maximum atomic E-state index is 3.65. The molecule has 102 valence electrons. The van der Waals surface area contributed by atoms with E-state index in [9.17, 15) is 0 Å². The van der Waals surface area contributed by atoms with Gasteiger partial charge in [-0.25, -0.2) is 0 Å². The van der Waals surface area contributed by atoms with E-state index in [-0.39, 0.29) is 0 Å². The Morgan fingerprint density at radius 3 is 2.56 bits per heavy atom. The third kappa shape index (κ3) is 4.66. The molecule has 0 fully saturated rings. The van der Waals surface area contributed by atoms with Gasteiger partial charge in [-0.2, -0.15) is 0 Å². The van der Waals surface area contributed by atoms with Crippen LogP contribution in [0.25, 0.3) is 0 Å². The molecule has 1 N–H and O–H groups in total. The predicted molar refractivity (Wildman–Crippen MR) is 83.3 cm³/mol. The Kier molecular flexibility index (Phi) is 7.45. The van der Waals surface area contributed by atoms with Crippen LogP contribution in [0.3, 0.4) is 0 Å². The van der Waals surface area contributed by atoms with Crippen LogP contribution >= 0.6 is 11.8 Å². The van der Waals surface area contributed by atoms with E-state index >= 15 is 0 Å². The Morgan fingerprint density at radius 1 is 1.22 bits per heavy atom. The third-order valence-electron chi connectivity index (χ3n) is 3.38. The van der Waals surface area contributed by atoms with Crippen molar-refractivity contribution in [3.63, 3.8) is 0 Å². The number of thioether (sulfide) groups is 1. The van der Waals surface area contributed by atoms with Gasteiger partial charge in [0.05, 0.1) is 0 Å². The molecule has 0 bridgehead atoms. The first kappa shape index (κ1) is 15.6. The summed E-state index contributed by atoms with van der Waals surface area (Å²) in [5.74, 6) is 0.786. The van der Waals surface area contributed by atoms with Gasteiger partial charge in [-0.3, -0.25) is 0 Å². The third-order valence-corrected chi connectivity index (χ3v) is 4.20. The number of rotatable bonds is 8. The number of hydrogen-bond acceptors (Lipinski definition) is 2. The van der Waals surface area contributed by atoms with E-state index in [2.05, 4.69) is 56.6 Å². The Hall–Kier alpha value is -0.470. The molecule has 0 spiro atoms. The summed E-state index contributed by atoms with van der Waals surface area (Å²) >= 11 is 1.85. The lowest BCUT2D eigenvalue weighted by Crippen LogP contribution is -2.23. The van der Waals surface area contributed by atoms with E-state index in [0.29, 0.717) is 6.04 Å². The van der Waals surface area contributed by atoms with Crippen molar-refractivity contribution in [2.75, 3.05) is 12.8 Å². The van der Waals surface area contributed by atoms with Crippen molar-refractivity contribution in [3.8, 4) is 0 Å². The molecule has 2 unspecified atom stereocenters. The van der Waals surface area contributed by atoms with Gasteiger partial charge in [-0.15, -0.1) is 11.8 Å². The maximum absolute atomic E-state index is 3.65. The standard InChI is InChI=1S/C16H27NS/c1-5-9-13(3)12-15(17-6-2)14-10-7-8-11-16(14)18-4/h7-8,10-11,13,15,17H,5-6,9,12H2,1-4H3. The molecule has 0 amide bonds. The van der Waals surface area contributed by atoms with Crippen molar-refractivity contribution < 1.29 is 0 Å². The molecule has 0 aliphatic rings. The van der Waals surface area contributed by atoms with E-state index in [1.165, 1.54) is 29.7 Å². The fourth-order valence-electron chi connectivity index (χ4n) is 2.53. The van der Waals surface area contributed by atoms with Crippen molar-refractivity contribution in [1.82, 2.24) is 5.32 Å². The van der Waals surface area contributed by atoms with Crippen LogP contribution in [0.5, 0.6) is 0 Å². The lowest BCUT2D eigenvalue weighted by molar-refractivity contribution is 0.392. The van der Waals surface area contributed by atoms with Gasteiger partial charge < -0.3 is 5.32 Å². The molecule has 1 nitrogen and oxygen atoms in total. The molecule has 0 saturated heterocycles. The van der Waals surface area contributed by atoms with Gasteiger partial charge in [-0.05, 0) is 36.8 Å². The smallest absolute Gasteiger partial charge is 0.0333 e. The van der Waals surface area contributed by atoms with Crippen LogP contribution < -0.4 is 5.32 Å². The molecule has 0 radical (unpaired) electrons. The van der Waals surface area contributed by atoms with Crippen molar-refractivity contribution >= 4 is 11.8 Å². The molecule has 2 atom stereocenters. The summed E-state index contributed by atoms with van der Waals surface area (Å²) in [7, 11) is 0. The minimum atomic E-state index is 0.500. The van der Waals surface area contributed by atoms with Crippen molar-refractivity contribution in [3.05, 3.63) is 29.8 Å². The van der Waals surface area contributed by atoms with Crippen LogP contribution in [-0.4, -0.2) is 12.8 Å². The van der Waals surface area contributed by atoms with E-state index in [4.69, 9.17) is 0 Å². The Morgan fingerprint density at radius 2 is 1.94 bits per heavy atom. The van der Waals surface area contributed by atoms with Gasteiger partial charge >= 0.3 is 0 Å². The molecule has 1 aromatic rings. The van der Waals surface area contributed by atoms with Crippen LogP contribution in [0.2, 0.25) is 0 Å². The SMILES string of the molecule is CCCC(C)CC(NCC)c1ccccc1SC. The highest BCUT2D eigenvalue weighted by molar-refractivity contribution is 7.98. The van der Waals surface area contributed by atoms with Crippen molar-refractivity contribution in [2.24, 2.45) is 5.92 Å². The molecule has 0 aromatic heterocycles. The normalized spacial score (nSPS) is 14.4. The minimum absolute atomic E-state index is 0.500. The van der Waals surface area contributed by atoms with Crippen LogP contribution in [-0.2, 0) is 0 Å². The van der Waals surface area contributed by atoms with Gasteiger partial charge in [0.1, 0.15) is 0 Å². The average Bonchev–Trinajstić information content (AvgIpc) is 2.38. The zero-order valence-corrected chi connectivity index (χ0v) is 13.0. The van der Waals surface area contributed by atoms with E-state index in [1.807, 2.05) is 11.8 Å². The zero-order valence-electron chi connectivity index (χ0n) is 12.2. The van der Waals surface area contributed by atoms with Crippen molar-refractivity contribution in [2.45, 2.75) is 51.0 Å². The molecule has 0 aliphatic heterocycles. The summed E-state index contributed by atoms with van der Waals surface area (Å²) in [6.45, 7) is 7.87. The molecule has 18 heavy (non-hydrogen) atoms. The summed E-state index contributed by atoms with van der Waals surface area (Å²) in [6, 6.07) is 9.30. The molecule has 0 heterocycles. The van der Waals surface area contributed by atoms with Crippen molar-refractivity contribution in [1.29, 1.82) is 0 Å². The minimum Gasteiger partial charge on any atom is -0.310 e. The van der Waals surface area contributed by atoms with E-state index in [0.717, 1.165) is 12.5 Å². The Bertz CT molecular complexity index is 338. The average molecular weight is 265 g/mol. The largest absolute Gasteiger partial charge is 0.310 e. The lowest BCUT2D eigenvalue weighted by Gasteiger charge is -2.24. The maximum Gasteiger partial charge on any atom is 0.0333 e. The van der Waals surface area contributed by atoms with Gasteiger partial charge in [0, 0.05) is 10.9 Å². The Balaban J connectivity index is 2.82. The first-order valence-electron chi connectivity index (χ1n) is 7.09. The molecule has 0 saturated carbocycles. The highest BCUT2D eigenvalue weighted by Gasteiger charge is 2.16. The van der Waals surface area contributed by atoms with Gasteiger partial charge in [0.25, 0.3) is 0 Å². The van der Waals surface area contributed by atoms with Crippen LogP contribution in [0.15, 0.2) is 29.2 Å². The first-order chi connectivity index (χ1) is 8.72. The summed E-state index contributed by atoms with van der Waals surface area (Å²) in [4.78, 5) is 1.41. The molecular formula is C16H27NS. The first-order valence-corrected chi connectivity index (χ1v) is 8.31. The van der Waals surface area contributed by atoms with Gasteiger partial charge in [0.2, 0.25) is 0 Å². The highest BCUT2D eigenvalue weighted by Crippen LogP contribution is 2.30. The summed E-state index contributed by atoms with van der Waals surface area (Å²) in [5, 5.41) is 3.65. The summed E-state index contributed by atoms with van der Waals surface area (Å²) in [5.41, 5.74) is 1.47. The van der Waals surface area contributed by atoms with E-state index in [1.54, 1.807) is 0 Å². The second-order valence-electron chi connectivity index (χ2n) is 4.98. The lowest BCUT2D eigenvalue weighted by atomic mass is 9.93. The summed E-state index contributed by atoms with van der Waals surface area (Å²) in [6.07, 6.45) is 6.00. The molecule has 0 aliphatic carbocycles. The number of hydrogen-bond donors (Lipinski definition) is 1. The van der Waals surface area contributed by atoms with Gasteiger partial charge in [0.15, 0.2) is 0 Å². The predicted octanol–water partition coefficient (Wildman–Crippen LogP) is 4.89. The van der Waals surface area contributed by atoms with Gasteiger partial charge in [-0.1, -0.05) is 51.8 Å². The number of nitrogens with one attached hydrogen (secondary N) is 1. The highest BCUT2D eigenvalue weighted by atomic mass is 32.2. The second-order valence-corrected chi connectivity index (χ2v) is 5.83. The Labute approximate surface area is 117 Å². The van der Waals surface area contributed by atoms with E-state index < -0.39 is 0 Å². The fraction of sp³-hybridized carbons (Fsp3) is 0.625. The molecule has 1 aromatic carbocycles. The molecule has 1 rings (SSSR count). The van der Waals surface area contributed by atoms with Crippen LogP contribution in [0.1, 0.15) is 51.6 Å². The monoisotopic (exact) mass is 265 g/mol. The summed E-state index contributed by atoms with van der Waals surface area (Å²) < 4.78 is 0. The van der Waals surface area contributed by atoms with Crippen LogP contribution in [0.4, 0.5) is 0 Å².